The van der Waals surface area contributed by atoms with E-state index in [1.54, 1.807) is 14.2 Å². The van der Waals surface area contributed by atoms with E-state index in [0.29, 0.717) is 19.3 Å². The zero-order valence-corrected chi connectivity index (χ0v) is 14.3. The Morgan fingerprint density at radius 3 is 2.29 bits per heavy atom. The molecule has 0 aliphatic heterocycles. The van der Waals surface area contributed by atoms with Crippen LogP contribution in [0.2, 0.25) is 0 Å². The third-order valence-electron chi connectivity index (χ3n) is 3.45. The van der Waals surface area contributed by atoms with Gasteiger partial charge in [-0.05, 0) is 24.8 Å². The molecular formula is C17H25NO6. The predicted octanol–water partition coefficient (Wildman–Crippen LogP) is 2.24. The summed E-state index contributed by atoms with van der Waals surface area (Å²) in [6, 6.07) is 8.52. The predicted molar refractivity (Wildman–Crippen MR) is 87.2 cm³/mol. The molecule has 0 unspecified atom stereocenters. The molecule has 0 radical (unpaired) electrons. The van der Waals surface area contributed by atoms with Gasteiger partial charge in [0, 0.05) is 14.2 Å². The van der Waals surface area contributed by atoms with Crippen LogP contribution < -0.4 is 5.32 Å². The molecule has 0 aromatic heterocycles. The number of carbonyl (C=O) groups is 2. The second-order valence-electron chi connectivity index (χ2n) is 5.11. The number of carbonyl (C=O) groups excluding carboxylic acids is 2. The van der Waals surface area contributed by atoms with Gasteiger partial charge in [0.25, 0.3) is 0 Å². The van der Waals surface area contributed by atoms with Crippen LogP contribution in [-0.4, -0.2) is 45.7 Å². The molecule has 0 heterocycles. The molecule has 0 aliphatic carbocycles. The van der Waals surface area contributed by atoms with Crippen molar-refractivity contribution in [3.8, 4) is 0 Å². The van der Waals surface area contributed by atoms with Gasteiger partial charge in [-0.15, -0.1) is 0 Å². The first-order valence-electron chi connectivity index (χ1n) is 7.71. The number of rotatable bonds is 10. The molecule has 7 heteroatoms. The van der Waals surface area contributed by atoms with E-state index in [4.69, 9.17) is 18.9 Å². The lowest BCUT2D eigenvalue weighted by atomic mass is 10.1. The molecule has 0 fully saturated rings. The Labute approximate surface area is 142 Å². The van der Waals surface area contributed by atoms with Crippen LogP contribution in [0.1, 0.15) is 24.8 Å². The van der Waals surface area contributed by atoms with Gasteiger partial charge in [-0.3, -0.25) is 0 Å². The van der Waals surface area contributed by atoms with E-state index in [-0.39, 0.29) is 12.9 Å². The first kappa shape index (κ1) is 19.9. The van der Waals surface area contributed by atoms with Gasteiger partial charge in [-0.1, -0.05) is 30.3 Å². The van der Waals surface area contributed by atoms with Crippen molar-refractivity contribution in [2.75, 3.05) is 21.3 Å². The summed E-state index contributed by atoms with van der Waals surface area (Å²) in [7, 11) is 4.37. The summed E-state index contributed by atoms with van der Waals surface area (Å²) in [5.74, 6) is -0.516. The van der Waals surface area contributed by atoms with Crippen molar-refractivity contribution in [3.63, 3.8) is 0 Å². The van der Waals surface area contributed by atoms with E-state index in [1.807, 2.05) is 30.3 Å². The largest absolute Gasteiger partial charge is 0.467 e. The number of benzene rings is 1. The summed E-state index contributed by atoms with van der Waals surface area (Å²) in [5, 5.41) is 2.53. The van der Waals surface area contributed by atoms with Crippen LogP contribution in [0.15, 0.2) is 30.3 Å². The lowest BCUT2D eigenvalue weighted by Crippen LogP contribution is -2.41. The number of nitrogens with one attached hydrogen (secondary N) is 1. The highest BCUT2D eigenvalue weighted by Gasteiger charge is 2.22. The molecule has 0 saturated carbocycles. The molecule has 1 aromatic carbocycles. The van der Waals surface area contributed by atoms with Crippen LogP contribution in [0, 0.1) is 0 Å². The van der Waals surface area contributed by atoms with Crippen LogP contribution >= 0.6 is 0 Å². The Bertz CT molecular complexity index is 489. The smallest absolute Gasteiger partial charge is 0.408 e. The fraction of sp³-hybridized carbons (Fsp3) is 0.529. The SMILES string of the molecule is COC(=O)[C@H](CCCC(OC)OC)NC(=O)OCc1ccccc1. The lowest BCUT2D eigenvalue weighted by molar-refractivity contribution is -0.143. The van der Waals surface area contributed by atoms with Crippen LogP contribution in [-0.2, 0) is 30.3 Å². The Morgan fingerprint density at radius 2 is 1.71 bits per heavy atom. The van der Waals surface area contributed by atoms with Crippen molar-refractivity contribution in [2.24, 2.45) is 0 Å². The number of ether oxygens (including phenoxy) is 4. The minimum Gasteiger partial charge on any atom is -0.467 e. The summed E-state index contributed by atoms with van der Waals surface area (Å²) in [6.45, 7) is 0.135. The molecule has 0 aliphatic rings. The maximum absolute atomic E-state index is 11.9. The molecule has 1 atom stereocenters. The Balaban J connectivity index is 2.43. The molecule has 134 valence electrons. The van der Waals surface area contributed by atoms with Crippen LogP contribution in [0.3, 0.4) is 0 Å². The molecule has 7 nitrogen and oxygen atoms in total. The number of hydrogen-bond acceptors (Lipinski definition) is 6. The Hall–Kier alpha value is -2.12. The van der Waals surface area contributed by atoms with Crippen molar-refractivity contribution in [1.82, 2.24) is 5.32 Å². The first-order valence-corrected chi connectivity index (χ1v) is 7.71. The van der Waals surface area contributed by atoms with Crippen molar-refractivity contribution < 1.29 is 28.5 Å². The number of alkyl carbamates (subject to hydrolysis) is 1. The van der Waals surface area contributed by atoms with Gasteiger partial charge in [-0.2, -0.15) is 0 Å². The zero-order valence-electron chi connectivity index (χ0n) is 14.3. The molecule has 1 amide bonds. The third kappa shape index (κ3) is 7.43. The minimum absolute atomic E-state index is 0.135. The summed E-state index contributed by atoms with van der Waals surface area (Å²) < 4.78 is 20.0. The number of amides is 1. The molecular weight excluding hydrogens is 314 g/mol. The normalized spacial score (nSPS) is 11.8. The highest BCUT2D eigenvalue weighted by molar-refractivity contribution is 5.81. The van der Waals surface area contributed by atoms with Crippen LogP contribution in [0.5, 0.6) is 0 Å². The molecule has 24 heavy (non-hydrogen) atoms. The van der Waals surface area contributed by atoms with Gasteiger partial charge >= 0.3 is 12.1 Å². The highest BCUT2D eigenvalue weighted by atomic mass is 16.7. The summed E-state index contributed by atoms with van der Waals surface area (Å²) in [4.78, 5) is 23.6. The number of methoxy groups -OCH3 is 3. The molecule has 0 saturated heterocycles. The monoisotopic (exact) mass is 339 g/mol. The maximum Gasteiger partial charge on any atom is 0.408 e. The number of hydrogen-bond donors (Lipinski definition) is 1. The minimum atomic E-state index is -0.771. The van der Waals surface area contributed by atoms with Crippen molar-refractivity contribution in [1.29, 1.82) is 0 Å². The van der Waals surface area contributed by atoms with Gasteiger partial charge in [0.1, 0.15) is 12.6 Å². The molecule has 1 rings (SSSR count). The highest BCUT2D eigenvalue weighted by Crippen LogP contribution is 2.09. The van der Waals surface area contributed by atoms with E-state index in [1.165, 1.54) is 7.11 Å². The van der Waals surface area contributed by atoms with E-state index in [2.05, 4.69) is 5.32 Å². The molecule has 1 aromatic rings. The quantitative estimate of drug-likeness (QED) is 0.520. The van der Waals surface area contributed by atoms with Gasteiger partial charge < -0.3 is 24.3 Å². The van der Waals surface area contributed by atoms with Crippen molar-refractivity contribution >= 4 is 12.1 Å². The summed E-state index contributed by atoms with van der Waals surface area (Å²) >= 11 is 0. The standard InChI is InChI=1S/C17H25NO6/c1-21-15(22-2)11-7-10-14(16(19)23-3)18-17(20)24-12-13-8-5-4-6-9-13/h4-6,8-9,14-15H,7,10-12H2,1-3H3,(H,18,20)/t14-/m0/s1. The van der Waals surface area contributed by atoms with Crippen LogP contribution in [0.25, 0.3) is 0 Å². The van der Waals surface area contributed by atoms with Crippen LogP contribution in [0.4, 0.5) is 4.79 Å². The van der Waals surface area contributed by atoms with E-state index >= 15 is 0 Å². The average Bonchev–Trinajstić information content (AvgIpc) is 2.62. The van der Waals surface area contributed by atoms with Gasteiger partial charge in [0.05, 0.1) is 7.11 Å². The van der Waals surface area contributed by atoms with Gasteiger partial charge in [-0.25, -0.2) is 9.59 Å². The third-order valence-corrected chi connectivity index (χ3v) is 3.45. The van der Waals surface area contributed by atoms with Gasteiger partial charge in [0.2, 0.25) is 0 Å². The fourth-order valence-corrected chi connectivity index (χ4v) is 2.12. The fourth-order valence-electron chi connectivity index (χ4n) is 2.12. The van der Waals surface area contributed by atoms with E-state index < -0.39 is 18.1 Å². The Kier molecular flexibility index (Phi) is 9.48. The summed E-state index contributed by atoms with van der Waals surface area (Å²) in [5.41, 5.74) is 0.866. The second kappa shape index (κ2) is 11.4. The molecule has 1 N–H and O–H groups in total. The molecule has 0 bridgehead atoms. The first-order chi connectivity index (χ1) is 11.6. The second-order valence-corrected chi connectivity index (χ2v) is 5.11. The van der Waals surface area contributed by atoms with E-state index in [0.717, 1.165) is 5.56 Å². The van der Waals surface area contributed by atoms with Gasteiger partial charge in [0.15, 0.2) is 6.29 Å². The Morgan fingerprint density at radius 1 is 1.04 bits per heavy atom. The topological polar surface area (TPSA) is 83.1 Å². The van der Waals surface area contributed by atoms with E-state index in [9.17, 15) is 9.59 Å². The molecule has 0 spiro atoms. The van der Waals surface area contributed by atoms with Crippen molar-refractivity contribution in [2.45, 2.75) is 38.2 Å². The summed E-state index contributed by atoms with van der Waals surface area (Å²) in [6.07, 6.45) is 0.612. The average molecular weight is 339 g/mol. The lowest BCUT2D eigenvalue weighted by Gasteiger charge is -2.18. The zero-order chi connectivity index (χ0) is 17.8. The maximum atomic E-state index is 11.9. The number of esters is 1. The van der Waals surface area contributed by atoms with Crippen molar-refractivity contribution in [3.05, 3.63) is 35.9 Å².